The smallest absolute Gasteiger partial charge is 0.0429 e. The summed E-state index contributed by atoms with van der Waals surface area (Å²) in [4.78, 5) is 2.45. The van der Waals surface area contributed by atoms with E-state index in [1.807, 2.05) is 6.07 Å². The van der Waals surface area contributed by atoms with Gasteiger partial charge in [0.05, 0.1) is 0 Å². The molecule has 0 bridgehead atoms. The Balaban J connectivity index is 1.83. The molecule has 2 aromatic carbocycles. The molecule has 1 heterocycles. The highest BCUT2D eigenvalue weighted by Crippen LogP contribution is 2.32. The Morgan fingerprint density at radius 2 is 1.80 bits per heavy atom. The number of fused-ring (bicyclic) bond motifs is 1. The first kappa shape index (κ1) is 13.0. The fraction of sp³-hybridized carbons (Fsp3) is 0.333. The first-order valence-electron chi connectivity index (χ1n) is 7.48. The van der Waals surface area contributed by atoms with Crippen LogP contribution in [0.1, 0.15) is 30.0 Å². The van der Waals surface area contributed by atoms with Crippen LogP contribution in [0.2, 0.25) is 0 Å². The highest BCUT2D eigenvalue weighted by molar-refractivity contribution is 5.66. The van der Waals surface area contributed by atoms with Crippen LogP contribution in [0.25, 0.3) is 0 Å². The first-order valence-corrected chi connectivity index (χ1v) is 7.48. The molecule has 0 saturated carbocycles. The van der Waals surface area contributed by atoms with Gasteiger partial charge in [-0.15, -0.1) is 0 Å². The van der Waals surface area contributed by atoms with Crippen LogP contribution in [-0.2, 0) is 19.4 Å². The third-order valence-electron chi connectivity index (χ3n) is 4.19. The third kappa shape index (κ3) is 2.51. The second-order valence-electron chi connectivity index (χ2n) is 5.54. The summed E-state index contributed by atoms with van der Waals surface area (Å²) < 4.78 is 0. The molecule has 0 radical (unpaired) electrons. The van der Waals surface area contributed by atoms with Gasteiger partial charge in [-0.05, 0) is 48.1 Å². The summed E-state index contributed by atoms with van der Waals surface area (Å²) in [6.45, 7) is 4.28. The molecule has 1 aliphatic rings. The summed E-state index contributed by atoms with van der Waals surface area (Å²) in [7, 11) is 0. The van der Waals surface area contributed by atoms with Gasteiger partial charge in [-0.3, -0.25) is 0 Å². The van der Waals surface area contributed by atoms with E-state index < -0.39 is 0 Å². The van der Waals surface area contributed by atoms with Crippen molar-refractivity contribution in [3.8, 4) is 0 Å². The van der Waals surface area contributed by atoms with Crippen LogP contribution >= 0.6 is 0 Å². The molecule has 2 N–H and O–H groups in total. The normalized spacial score (nSPS) is 14.2. The van der Waals surface area contributed by atoms with E-state index in [-0.39, 0.29) is 0 Å². The average molecular weight is 266 g/mol. The van der Waals surface area contributed by atoms with Gasteiger partial charge in [0.25, 0.3) is 0 Å². The number of aryl methyl sites for hydroxylation is 1. The number of benzene rings is 2. The summed E-state index contributed by atoms with van der Waals surface area (Å²) in [5.74, 6) is 0. The number of anilines is 2. The standard InChI is InChI=1S/C18H22N2/c1-2-14-8-10-15(11-9-14)13-20-12-4-5-16-17(19)6-3-7-18(16)20/h3,6-11H,2,4-5,12-13,19H2,1H3. The molecule has 0 saturated heterocycles. The maximum Gasteiger partial charge on any atom is 0.0429 e. The van der Waals surface area contributed by atoms with E-state index in [4.69, 9.17) is 5.73 Å². The van der Waals surface area contributed by atoms with Crippen molar-refractivity contribution in [2.45, 2.75) is 32.7 Å². The molecule has 0 amide bonds. The van der Waals surface area contributed by atoms with E-state index in [2.05, 4.69) is 48.2 Å². The van der Waals surface area contributed by atoms with E-state index in [0.29, 0.717) is 0 Å². The van der Waals surface area contributed by atoms with Crippen molar-refractivity contribution in [1.82, 2.24) is 0 Å². The Morgan fingerprint density at radius 1 is 1.05 bits per heavy atom. The zero-order valence-corrected chi connectivity index (χ0v) is 12.1. The van der Waals surface area contributed by atoms with Gasteiger partial charge in [0.15, 0.2) is 0 Å². The van der Waals surface area contributed by atoms with E-state index in [1.54, 1.807) is 0 Å². The maximum absolute atomic E-state index is 6.11. The highest BCUT2D eigenvalue weighted by Gasteiger charge is 2.18. The summed E-state index contributed by atoms with van der Waals surface area (Å²) in [6.07, 6.45) is 3.39. The molecule has 0 aliphatic carbocycles. The number of hydrogen-bond donors (Lipinski definition) is 1. The Hall–Kier alpha value is -1.96. The van der Waals surface area contributed by atoms with Crippen LogP contribution in [0, 0.1) is 0 Å². The molecule has 0 fully saturated rings. The maximum atomic E-state index is 6.11. The van der Waals surface area contributed by atoms with E-state index >= 15 is 0 Å². The van der Waals surface area contributed by atoms with Crippen LogP contribution in [0.15, 0.2) is 42.5 Å². The van der Waals surface area contributed by atoms with E-state index in [1.165, 1.54) is 28.8 Å². The van der Waals surface area contributed by atoms with Crippen LogP contribution in [-0.4, -0.2) is 6.54 Å². The largest absolute Gasteiger partial charge is 0.398 e. The van der Waals surface area contributed by atoms with Crippen molar-refractivity contribution >= 4 is 11.4 Å². The molecular weight excluding hydrogens is 244 g/mol. The van der Waals surface area contributed by atoms with Crippen LogP contribution < -0.4 is 10.6 Å². The molecule has 0 spiro atoms. The highest BCUT2D eigenvalue weighted by atomic mass is 15.1. The van der Waals surface area contributed by atoms with Gasteiger partial charge >= 0.3 is 0 Å². The van der Waals surface area contributed by atoms with Gasteiger partial charge < -0.3 is 10.6 Å². The lowest BCUT2D eigenvalue weighted by Crippen LogP contribution is -2.29. The predicted molar refractivity (Wildman–Crippen MR) is 86.0 cm³/mol. The van der Waals surface area contributed by atoms with Crippen molar-refractivity contribution in [2.75, 3.05) is 17.2 Å². The van der Waals surface area contributed by atoms with Gasteiger partial charge in [0, 0.05) is 24.5 Å². The van der Waals surface area contributed by atoms with Gasteiger partial charge in [0.2, 0.25) is 0 Å². The second kappa shape index (κ2) is 5.58. The van der Waals surface area contributed by atoms with Crippen molar-refractivity contribution in [3.05, 3.63) is 59.2 Å². The Morgan fingerprint density at radius 3 is 2.55 bits per heavy atom. The summed E-state index contributed by atoms with van der Waals surface area (Å²) in [5, 5.41) is 0. The average Bonchev–Trinajstić information content (AvgIpc) is 2.49. The fourth-order valence-corrected chi connectivity index (χ4v) is 2.99. The Labute approximate surface area is 121 Å². The van der Waals surface area contributed by atoms with Crippen molar-refractivity contribution in [2.24, 2.45) is 0 Å². The van der Waals surface area contributed by atoms with Gasteiger partial charge in [-0.2, -0.15) is 0 Å². The number of rotatable bonds is 3. The van der Waals surface area contributed by atoms with Gasteiger partial charge in [-0.1, -0.05) is 37.3 Å². The zero-order chi connectivity index (χ0) is 13.9. The zero-order valence-electron chi connectivity index (χ0n) is 12.1. The molecule has 2 aromatic rings. The van der Waals surface area contributed by atoms with Crippen molar-refractivity contribution in [1.29, 1.82) is 0 Å². The Bertz CT molecular complexity index is 587. The second-order valence-corrected chi connectivity index (χ2v) is 5.54. The molecule has 0 unspecified atom stereocenters. The monoisotopic (exact) mass is 266 g/mol. The molecule has 3 rings (SSSR count). The lowest BCUT2D eigenvalue weighted by Gasteiger charge is -2.32. The molecule has 2 nitrogen and oxygen atoms in total. The van der Waals surface area contributed by atoms with E-state index in [0.717, 1.165) is 31.6 Å². The Kier molecular flexibility index (Phi) is 3.64. The number of nitrogen functional groups attached to an aromatic ring is 1. The first-order chi connectivity index (χ1) is 9.78. The SMILES string of the molecule is CCc1ccc(CN2CCCc3c(N)cccc32)cc1. The minimum atomic E-state index is 0.938. The lowest BCUT2D eigenvalue weighted by atomic mass is 9.99. The number of nitrogens with zero attached hydrogens (tertiary/aromatic N) is 1. The third-order valence-corrected chi connectivity index (χ3v) is 4.19. The fourth-order valence-electron chi connectivity index (χ4n) is 2.99. The molecule has 1 aliphatic heterocycles. The topological polar surface area (TPSA) is 29.3 Å². The number of hydrogen-bond acceptors (Lipinski definition) is 2. The number of nitrogens with two attached hydrogens (primary N) is 1. The molecular formula is C18H22N2. The summed E-state index contributed by atoms with van der Waals surface area (Å²) >= 11 is 0. The minimum Gasteiger partial charge on any atom is -0.398 e. The summed E-state index contributed by atoms with van der Waals surface area (Å²) in [6, 6.07) is 15.2. The van der Waals surface area contributed by atoms with Crippen molar-refractivity contribution in [3.63, 3.8) is 0 Å². The van der Waals surface area contributed by atoms with Gasteiger partial charge in [0.1, 0.15) is 0 Å². The predicted octanol–water partition coefficient (Wildman–Crippen LogP) is 3.78. The quantitative estimate of drug-likeness (QED) is 0.857. The minimum absolute atomic E-state index is 0.938. The van der Waals surface area contributed by atoms with Crippen LogP contribution in [0.5, 0.6) is 0 Å². The van der Waals surface area contributed by atoms with Crippen molar-refractivity contribution < 1.29 is 0 Å². The van der Waals surface area contributed by atoms with E-state index in [9.17, 15) is 0 Å². The molecule has 104 valence electrons. The van der Waals surface area contributed by atoms with Crippen LogP contribution in [0.4, 0.5) is 11.4 Å². The van der Waals surface area contributed by atoms with Gasteiger partial charge in [-0.25, -0.2) is 0 Å². The molecule has 2 heteroatoms. The molecule has 0 aromatic heterocycles. The lowest BCUT2D eigenvalue weighted by molar-refractivity contribution is 0.692. The summed E-state index contributed by atoms with van der Waals surface area (Å²) in [5.41, 5.74) is 12.5. The molecule has 0 atom stereocenters. The van der Waals surface area contributed by atoms with Crippen LogP contribution in [0.3, 0.4) is 0 Å². The molecule has 20 heavy (non-hydrogen) atoms.